The van der Waals surface area contributed by atoms with Gasteiger partial charge >= 0.3 is 0 Å². The SMILES string of the molecule is CCc1cc(O)c(O)c(O)c1.CCc1ccc(O)c(O)c1O. The van der Waals surface area contributed by atoms with Crippen molar-refractivity contribution in [1.82, 2.24) is 0 Å². The van der Waals surface area contributed by atoms with E-state index < -0.39 is 11.5 Å². The van der Waals surface area contributed by atoms with Crippen molar-refractivity contribution in [3.8, 4) is 34.5 Å². The topological polar surface area (TPSA) is 121 Å². The maximum Gasteiger partial charge on any atom is 0.200 e. The summed E-state index contributed by atoms with van der Waals surface area (Å²) >= 11 is 0. The molecule has 0 unspecified atom stereocenters. The quantitative estimate of drug-likeness (QED) is 0.474. The molecule has 22 heavy (non-hydrogen) atoms. The van der Waals surface area contributed by atoms with Gasteiger partial charge in [-0.15, -0.1) is 0 Å². The lowest BCUT2D eigenvalue weighted by Gasteiger charge is -2.04. The molecule has 6 nitrogen and oxygen atoms in total. The first-order chi connectivity index (χ1) is 10.3. The van der Waals surface area contributed by atoms with Crippen LogP contribution in [0.2, 0.25) is 0 Å². The fraction of sp³-hybridized carbons (Fsp3) is 0.250. The van der Waals surface area contributed by atoms with Crippen LogP contribution >= 0.6 is 0 Å². The summed E-state index contributed by atoms with van der Waals surface area (Å²) in [5.41, 5.74) is 1.41. The standard InChI is InChI=1S/2C8H10O3/c1-2-5-3-6(9)8(11)7(10)4-5;1-2-5-3-4-6(9)8(11)7(5)10/h2*3-4,9-11H,2H2,1H3. The minimum Gasteiger partial charge on any atom is -0.504 e. The number of phenols is 6. The molecule has 0 saturated heterocycles. The van der Waals surface area contributed by atoms with E-state index in [1.54, 1.807) is 6.07 Å². The molecule has 2 aromatic carbocycles. The van der Waals surface area contributed by atoms with Gasteiger partial charge in [-0.3, -0.25) is 0 Å². The summed E-state index contributed by atoms with van der Waals surface area (Å²) in [5, 5.41) is 54.0. The van der Waals surface area contributed by atoms with Crippen LogP contribution in [0.5, 0.6) is 34.5 Å². The second-order valence-electron chi connectivity index (χ2n) is 4.63. The average Bonchev–Trinajstić information content (AvgIpc) is 2.50. The van der Waals surface area contributed by atoms with Gasteiger partial charge in [0.15, 0.2) is 28.7 Å². The molecule has 0 aromatic heterocycles. The molecule has 0 atom stereocenters. The first kappa shape index (κ1) is 17.3. The van der Waals surface area contributed by atoms with E-state index in [1.807, 2.05) is 13.8 Å². The number of aromatic hydroxyl groups is 6. The van der Waals surface area contributed by atoms with E-state index >= 15 is 0 Å². The van der Waals surface area contributed by atoms with Crippen molar-refractivity contribution in [1.29, 1.82) is 0 Å². The van der Waals surface area contributed by atoms with Crippen LogP contribution in [0, 0.1) is 0 Å². The molecule has 0 saturated carbocycles. The molecule has 0 bridgehead atoms. The molecule has 0 heterocycles. The van der Waals surface area contributed by atoms with Gasteiger partial charge in [-0.2, -0.15) is 0 Å². The van der Waals surface area contributed by atoms with Gasteiger partial charge < -0.3 is 30.6 Å². The number of hydrogen-bond donors (Lipinski definition) is 6. The summed E-state index contributed by atoms with van der Waals surface area (Å²) in [4.78, 5) is 0. The Kier molecular flexibility index (Phi) is 5.74. The van der Waals surface area contributed by atoms with Crippen LogP contribution in [0.3, 0.4) is 0 Å². The van der Waals surface area contributed by atoms with Crippen LogP contribution in [-0.4, -0.2) is 30.6 Å². The van der Waals surface area contributed by atoms with Crippen LogP contribution in [0.1, 0.15) is 25.0 Å². The van der Waals surface area contributed by atoms with Crippen molar-refractivity contribution in [3.63, 3.8) is 0 Å². The highest BCUT2D eigenvalue weighted by atomic mass is 16.3. The Balaban J connectivity index is 0.000000220. The fourth-order valence-corrected chi connectivity index (χ4v) is 1.76. The monoisotopic (exact) mass is 308 g/mol. The molecular formula is C16H20O6. The zero-order valence-electron chi connectivity index (χ0n) is 12.4. The molecule has 0 spiro atoms. The Labute approximate surface area is 128 Å². The molecule has 2 aromatic rings. The van der Waals surface area contributed by atoms with Gasteiger partial charge in [0.2, 0.25) is 5.75 Å². The molecule has 0 radical (unpaired) electrons. The maximum absolute atomic E-state index is 9.17. The third kappa shape index (κ3) is 3.88. The van der Waals surface area contributed by atoms with Crippen molar-refractivity contribution in [2.45, 2.75) is 26.7 Å². The molecule has 6 heteroatoms. The molecule has 0 aliphatic heterocycles. The van der Waals surface area contributed by atoms with Crippen molar-refractivity contribution in [2.75, 3.05) is 0 Å². The Morgan fingerprint density at radius 2 is 1.18 bits per heavy atom. The van der Waals surface area contributed by atoms with Crippen LogP contribution in [0.25, 0.3) is 0 Å². The third-order valence-electron chi connectivity index (χ3n) is 3.13. The van der Waals surface area contributed by atoms with E-state index in [-0.39, 0.29) is 23.0 Å². The number of aryl methyl sites for hydroxylation is 2. The van der Waals surface area contributed by atoms with Gasteiger partial charge in [-0.1, -0.05) is 19.9 Å². The van der Waals surface area contributed by atoms with E-state index in [1.165, 1.54) is 18.2 Å². The van der Waals surface area contributed by atoms with Gasteiger partial charge in [0.1, 0.15) is 0 Å². The van der Waals surface area contributed by atoms with Crippen molar-refractivity contribution in [2.24, 2.45) is 0 Å². The van der Waals surface area contributed by atoms with Crippen LogP contribution in [-0.2, 0) is 12.8 Å². The first-order valence-electron chi connectivity index (χ1n) is 6.78. The Morgan fingerprint density at radius 1 is 0.636 bits per heavy atom. The molecular weight excluding hydrogens is 288 g/mol. The van der Waals surface area contributed by atoms with Crippen molar-refractivity contribution < 1.29 is 30.6 Å². The third-order valence-corrected chi connectivity index (χ3v) is 3.13. The molecule has 120 valence electrons. The van der Waals surface area contributed by atoms with E-state index in [9.17, 15) is 0 Å². The average molecular weight is 308 g/mol. The summed E-state index contributed by atoms with van der Waals surface area (Å²) in [6.07, 6.45) is 1.33. The molecule has 2 rings (SSSR count). The fourth-order valence-electron chi connectivity index (χ4n) is 1.76. The Morgan fingerprint density at radius 3 is 1.64 bits per heavy atom. The van der Waals surface area contributed by atoms with Crippen LogP contribution in [0.15, 0.2) is 24.3 Å². The largest absolute Gasteiger partial charge is 0.504 e. The highest BCUT2D eigenvalue weighted by molar-refractivity contribution is 5.53. The molecule has 6 N–H and O–H groups in total. The number of hydrogen-bond acceptors (Lipinski definition) is 6. The molecule has 0 fully saturated rings. The van der Waals surface area contributed by atoms with E-state index in [0.717, 1.165) is 5.56 Å². The molecule has 0 aliphatic rings. The minimum absolute atomic E-state index is 0.229. The maximum atomic E-state index is 9.17. The number of rotatable bonds is 2. The zero-order valence-corrected chi connectivity index (χ0v) is 12.4. The highest BCUT2D eigenvalue weighted by Gasteiger charge is 2.08. The van der Waals surface area contributed by atoms with Crippen molar-refractivity contribution in [3.05, 3.63) is 35.4 Å². The summed E-state index contributed by atoms with van der Waals surface area (Å²) in [5.74, 6) is -1.97. The number of benzene rings is 2. The van der Waals surface area contributed by atoms with Gasteiger partial charge in [-0.25, -0.2) is 0 Å². The predicted octanol–water partition coefficient (Wildman–Crippen LogP) is 2.73. The van der Waals surface area contributed by atoms with E-state index in [2.05, 4.69) is 0 Å². The van der Waals surface area contributed by atoms with Crippen molar-refractivity contribution >= 4 is 0 Å². The highest BCUT2D eigenvalue weighted by Crippen LogP contribution is 2.37. The summed E-state index contributed by atoms with van der Waals surface area (Å²) in [6, 6.07) is 5.78. The summed E-state index contributed by atoms with van der Waals surface area (Å²) in [6.45, 7) is 3.75. The normalized spacial score (nSPS) is 9.91. The van der Waals surface area contributed by atoms with E-state index in [4.69, 9.17) is 30.6 Å². The summed E-state index contributed by atoms with van der Waals surface area (Å²) < 4.78 is 0. The Bertz CT molecular complexity index is 628. The zero-order chi connectivity index (χ0) is 16.9. The first-order valence-corrected chi connectivity index (χ1v) is 6.78. The van der Waals surface area contributed by atoms with Crippen LogP contribution < -0.4 is 0 Å². The summed E-state index contributed by atoms with van der Waals surface area (Å²) in [7, 11) is 0. The van der Waals surface area contributed by atoms with E-state index in [0.29, 0.717) is 18.4 Å². The Hall–Kier alpha value is -2.76. The molecule has 0 aliphatic carbocycles. The lowest BCUT2D eigenvalue weighted by molar-refractivity contribution is 0.365. The minimum atomic E-state index is -0.456. The van der Waals surface area contributed by atoms with Gasteiger partial charge in [0.05, 0.1) is 0 Å². The van der Waals surface area contributed by atoms with Gasteiger partial charge in [0, 0.05) is 0 Å². The lowest BCUT2D eigenvalue weighted by atomic mass is 10.1. The smallest absolute Gasteiger partial charge is 0.200 e. The second kappa shape index (κ2) is 7.31. The lowest BCUT2D eigenvalue weighted by Crippen LogP contribution is -1.81. The predicted molar refractivity (Wildman–Crippen MR) is 81.6 cm³/mol. The van der Waals surface area contributed by atoms with Gasteiger partial charge in [0.25, 0.3) is 0 Å². The van der Waals surface area contributed by atoms with Crippen LogP contribution in [0.4, 0.5) is 0 Å². The molecule has 0 amide bonds. The number of phenolic OH excluding ortho intramolecular Hbond substituents is 6. The second-order valence-corrected chi connectivity index (χ2v) is 4.63. The van der Waals surface area contributed by atoms with Gasteiger partial charge in [-0.05, 0) is 42.2 Å².